The van der Waals surface area contributed by atoms with Gasteiger partial charge in [0.25, 0.3) is 5.91 Å². The minimum atomic E-state index is -0.806. The predicted molar refractivity (Wildman–Crippen MR) is 75.1 cm³/mol. The molecule has 2 N–H and O–H groups in total. The van der Waals surface area contributed by atoms with Gasteiger partial charge in [0, 0.05) is 11.8 Å². The minimum Gasteiger partial charge on any atom is -0.453 e. The monoisotopic (exact) mass is 296 g/mol. The number of thiophene rings is 1. The summed E-state index contributed by atoms with van der Waals surface area (Å²) in [6.45, 7) is 1.39. The number of ether oxygens (including phenoxy) is 1. The molecule has 1 heterocycles. The molecular formula is C13H16N2O4S. The van der Waals surface area contributed by atoms with Crippen molar-refractivity contribution in [1.29, 1.82) is 0 Å². The second-order valence-corrected chi connectivity index (χ2v) is 5.65. The molecule has 1 aromatic rings. The number of alkyl carbamates (subject to hydrolysis) is 1. The van der Waals surface area contributed by atoms with Crippen LogP contribution in [0.2, 0.25) is 0 Å². The van der Waals surface area contributed by atoms with E-state index in [2.05, 4.69) is 15.4 Å². The fourth-order valence-electron chi connectivity index (χ4n) is 2.26. The third kappa shape index (κ3) is 2.98. The Morgan fingerprint density at radius 2 is 1.90 bits per heavy atom. The molecule has 6 nitrogen and oxygen atoms in total. The van der Waals surface area contributed by atoms with Gasteiger partial charge < -0.3 is 10.1 Å². The summed E-state index contributed by atoms with van der Waals surface area (Å²) in [5.41, 5.74) is 1.33. The van der Waals surface area contributed by atoms with Gasteiger partial charge in [0.05, 0.1) is 12.7 Å². The van der Waals surface area contributed by atoms with Crippen LogP contribution >= 0.6 is 11.3 Å². The van der Waals surface area contributed by atoms with Crippen LogP contribution in [0.25, 0.3) is 0 Å². The number of hydrogen-bond acceptors (Lipinski definition) is 5. The van der Waals surface area contributed by atoms with Crippen molar-refractivity contribution in [2.75, 3.05) is 12.4 Å². The van der Waals surface area contributed by atoms with Gasteiger partial charge in [-0.1, -0.05) is 0 Å². The number of amides is 3. The van der Waals surface area contributed by atoms with E-state index in [4.69, 9.17) is 0 Å². The summed E-state index contributed by atoms with van der Waals surface area (Å²) in [6, 6.07) is 0. The predicted octanol–water partition coefficient (Wildman–Crippen LogP) is 2.08. The molecule has 0 saturated heterocycles. The standard InChI is InChI=1S/C13H16N2O4S/c1-7(16)14-12-10(11(17)15-13(18)19-2)8-5-3-4-6-9(8)20-12/h3-6H2,1-2H3,(H,14,16)(H,15,17,18). The zero-order chi connectivity index (χ0) is 14.7. The van der Waals surface area contributed by atoms with Gasteiger partial charge in [0.15, 0.2) is 0 Å². The molecule has 1 aromatic heterocycles. The average Bonchev–Trinajstić information content (AvgIpc) is 2.75. The summed E-state index contributed by atoms with van der Waals surface area (Å²) >= 11 is 1.41. The van der Waals surface area contributed by atoms with Crippen LogP contribution < -0.4 is 10.6 Å². The van der Waals surface area contributed by atoms with E-state index in [0.717, 1.165) is 36.1 Å². The first-order chi connectivity index (χ1) is 9.52. The largest absolute Gasteiger partial charge is 0.453 e. The fourth-order valence-corrected chi connectivity index (χ4v) is 3.59. The number of rotatable bonds is 2. The molecule has 0 radical (unpaired) electrons. The number of nitrogens with one attached hydrogen (secondary N) is 2. The number of aryl methyl sites for hydroxylation is 1. The Morgan fingerprint density at radius 1 is 1.20 bits per heavy atom. The lowest BCUT2D eigenvalue weighted by atomic mass is 9.95. The van der Waals surface area contributed by atoms with Crippen LogP contribution in [0.1, 0.15) is 40.6 Å². The van der Waals surface area contributed by atoms with Crippen molar-refractivity contribution in [2.24, 2.45) is 0 Å². The molecule has 0 saturated carbocycles. The van der Waals surface area contributed by atoms with Crippen LogP contribution in [0.3, 0.4) is 0 Å². The van der Waals surface area contributed by atoms with E-state index in [1.807, 2.05) is 0 Å². The van der Waals surface area contributed by atoms with E-state index in [0.29, 0.717) is 10.6 Å². The molecule has 0 fully saturated rings. The van der Waals surface area contributed by atoms with Crippen LogP contribution in [0.15, 0.2) is 0 Å². The maximum absolute atomic E-state index is 12.2. The lowest BCUT2D eigenvalue weighted by Gasteiger charge is -2.12. The number of carbonyl (C=O) groups is 3. The Bertz CT molecular complexity index is 565. The minimum absolute atomic E-state index is 0.240. The normalized spacial score (nSPS) is 13.3. The molecular weight excluding hydrogens is 280 g/mol. The van der Waals surface area contributed by atoms with Crippen molar-refractivity contribution in [3.63, 3.8) is 0 Å². The highest BCUT2D eigenvalue weighted by atomic mass is 32.1. The first-order valence-corrected chi connectivity index (χ1v) is 7.16. The summed E-state index contributed by atoms with van der Waals surface area (Å²) in [5, 5.41) is 5.33. The molecule has 0 unspecified atom stereocenters. The fraction of sp³-hybridized carbons (Fsp3) is 0.462. The summed E-state index contributed by atoms with van der Waals surface area (Å²) in [7, 11) is 1.19. The molecule has 0 spiro atoms. The maximum Gasteiger partial charge on any atom is 0.413 e. The third-order valence-corrected chi connectivity index (χ3v) is 4.30. The molecule has 0 aromatic carbocycles. The average molecular weight is 296 g/mol. The second-order valence-electron chi connectivity index (χ2n) is 4.54. The summed E-state index contributed by atoms with van der Waals surface area (Å²) < 4.78 is 4.43. The van der Waals surface area contributed by atoms with Crippen molar-refractivity contribution in [1.82, 2.24) is 5.32 Å². The Balaban J connectivity index is 2.37. The molecule has 0 aliphatic heterocycles. The summed E-state index contributed by atoms with van der Waals surface area (Å²) in [4.78, 5) is 35.7. The number of fused-ring (bicyclic) bond motifs is 1. The molecule has 20 heavy (non-hydrogen) atoms. The second kappa shape index (κ2) is 6.04. The molecule has 1 aliphatic carbocycles. The highest BCUT2D eigenvalue weighted by Crippen LogP contribution is 2.38. The highest BCUT2D eigenvalue weighted by Gasteiger charge is 2.26. The van der Waals surface area contributed by atoms with Gasteiger partial charge in [-0.05, 0) is 31.2 Å². The first-order valence-electron chi connectivity index (χ1n) is 6.34. The molecule has 0 atom stereocenters. The van der Waals surface area contributed by atoms with Crippen LogP contribution in [0.4, 0.5) is 9.80 Å². The van der Waals surface area contributed by atoms with Crippen LogP contribution in [0, 0.1) is 0 Å². The molecule has 2 rings (SSSR count). The Kier molecular flexibility index (Phi) is 4.39. The van der Waals surface area contributed by atoms with Gasteiger partial charge in [-0.25, -0.2) is 4.79 Å². The van der Waals surface area contributed by atoms with Gasteiger partial charge in [-0.15, -0.1) is 11.3 Å². The van der Waals surface area contributed by atoms with E-state index >= 15 is 0 Å². The Labute approximate surface area is 120 Å². The Morgan fingerprint density at radius 3 is 2.55 bits per heavy atom. The number of methoxy groups -OCH3 is 1. The number of carbonyl (C=O) groups excluding carboxylic acids is 3. The Hall–Kier alpha value is -1.89. The van der Waals surface area contributed by atoms with Crippen molar-refractivity contribution in [2.45, 2.75) is 32.6 Å². The lowest BCUT2D eigenvalue weighted by Crippen LogP contribution is -2.31. The van der Waals surface area contributed by atoms with Crippen molar-refractivity contribution in [3.8, 4) is 0 Å². The summed E-state index contributed by atoms with van der Waals surface area (Å²) in [6.07, 6.45) is 2.96. The van der Waals surface area contributed by atoms with Gasteiger partial charge >= 0.3 is 6.09 Å². The first kappa shape index (κ1) is 14.5. The zero-order valence-corrected chi connectivity index (χ0v) is 12.2. The smallest absolute Gasteiger partial charge is 0.413 e. The van der Waals surface area contributed by atoms with Gasteiger partial charge in [-0.3, -0.25) is 14.9 Å². The van der Waals surface area contributed by atoms with Crippen molar-refractivity contribution >= 4 is 34.2 Å². The van der Waals surface area contributed by atoms with Crippen molar-refractivity contribution in [3.05, 3.63) is 16.0 Å². The maximum atomic E-state index is 12.2. The van der Waals surface area contributed by atoms with E-state index in [1.165, 1.54) is 25.4 Å². The molecule has 7 heteroatoms. The van der Waals surface area contributed by atoms with E-state index < -0.39 is 12.0 Å². The number of imide groups is 1. The zero-order valence-electron chi connectivity index (χ0n) is 11.4. The lowest BCUT2D eigenvalue weighted by molar-refractivity contribution is -0.114. The van der Waals surface area contributed by atoms with Crippen LogP contribution in [-0.4, -0.2) is 25.0 Å². The quantitative estimate of drug-likeness (QED) is 0.875. The van der Waals surface area contributed by atoms with E-state index in [1.54, 1.807) is 0 Å². The molecule has 0 bridgehead atoms. The SMILES string of the molecule is COC(=O)NC(=O)c1c(NC(C)=O)sc2c1CCCC2. The summed E-state index contributed by atoms with van der Waals surface area (Å²) in [5.74, 6) is -0.768. The molecule has 3 amide bonds. The van der Waals surface area contributed by atoms with Gasteiger partial charge in [0.2, 0.25) is 5.91 Å². The van der Waals surface area contributed by atoms with E-state index in [-0.39, 0.29) is 5.91 Å². The van der Waals surface area contributed by atoms with Gasteiger partial charge in [-0.2, -0.15) is 0 Å². The highest BCUT2D eigenvalue weighted by molar-refractivity contribution is 7.17. The number of hydrogen-bond donors (Lipinski definition) is 2. The number of anilines is 1. The van der Waals surface area contributed by atoms with Crippen molar-refractivity contribution < 1.29 is 19.1 Å². The van der Waals surface area contributed by atoms with Crippen LogP contribution in [-0.2, 0) is 22.4 Å². The molecule has 108 valence electrons. The van der Waals surface area contributed by atoms with Crippen LogP contribution in [0.5, 0.6) is 0 Å². The van der Waals surface area contributed by atoms with Gasteiger partial charge in [0.1, 0.15) is 5.00 Å². The molecule has 1 aliphatic rings. The third-order valence-electron chi connectivity index (χ3n) is 3.09. The topological polar surface area (TPSA) is 84.5 Å². The van der Waals surface area contributed by atoms with E-state index in [9.17, 15) is 14.4 Å².